The standard InChI is InChI=1S/C17H22N2O4S/c1-18-12-14(20)11-17-23-16-10-6-5-9-15(16)19(24(17,21)22)13-7-3-2-4-8-13/h2-10,14,17-18,20-22H,11-12H2,1H3/t14-,17-/m1/s1. The van der Waals surface area contributed by atoms with E-state index in [2.05, 4.69) is 5.32 Å². The Morgan fingerprint density at radius 1 is 1.12 bits per heavy atom. The third-order valence-corrected chi connectivity index (χ3v) is 5.80. The number of nitrogens with one attached hydrogen (secondary N) is 1. The zero-order chi connectivity index (χ0) is 17.2. The van der Waals surface area contributed by atoms with Crippen molar-refractivity contribution < 1.29 is 18.9 Å². The first kappa shape index (κ1) is 17.1. The van der Waals surface area contributed by atoms with Crippen LogP contribution in [0.3, 0.4) is 0 Å². The Bertz CT molecular complexity index is 683. The molecular formula is C17H22N2O4S. The minimum absolute atomic E-state index is 0.112. The van der Waals surface area contributed by atoms with Gasteiger partial charge in [0.2, 0.25) is 5.44 Å². The van der Waals surface area contributed by atoms with E-state index in [0.717, 1.165) is 0 Å². The smallest absolute Gasteiger partial charge is 0.209 e. The lowest BCUT2D eigenvalue weighted by molar-refractivity contribution is 0.119. The maximum absolute atomic E-state index is 10.9. The number of para-hydroxylation sites is 3. The number of rotatable bonds is 5. The van der Waals surface area contributed by atoms with Gasteiger partial charge in [-0.2, -0.15) is 0 Å². The van der Waals surface area contributed by atoms with Crippen LogP contribution in [0.1, 0.15) is 6.42 Å². The largest absolute Gasteiger partial charge is 0.466 e. The summed E-state index contributed by atoms with van der Waals surface area (Å²) in [7, 11) is -1.59. The topological polar surface area (TPSA) is 85.2 Å². The summed E-state index contributed by atoms with van der Waals surface area (Å²) < 4.78 is 29.2. The lowest BCUT2D eigenvalue weighted by Crippen LogP contribution is -2.42. The van der Waals surface area contributed by atoms with Gasteiger partial charge in [-0.25, -0.2) is 4.31 Å². The first-order valence-electron chi connectivity index (χ1n) is 7.74. The van der Waals surface area contributed by atoms with Crippen LogP contribution in [0.15, 0.2) is 54.6 Å². The molecular weight excluding hydrogens is 328 g/mol. The van der Waals surface area contributed by atoms with Crippen molar-refractivity contribution in [2.75, 3.05) is 17.9 Å². The maximum atomic E-state index is 10.9. The van der Waals surface area contributed by atoms with Crippen molar-refractivity contribution in [3.63, 3.8) is 0 Å². The Balaban J connectivity index is 2.02. The van der Waals surface area contributed by atoms with Crippen LogP contribution >= 0.6 is 10.8 Å². The number of fused-ring (bicyclic) bond motifs is 1. The fourth-order valence-corrected chi connectivity index (χ4v) is 4.59. The molecule has 130 valence electrons. The molecule has 0 saturated heterocycles. The van der Waals surface area contributed by atoms with Crippen molar-refractivity contribution in [3.8, 4) is 5.75 Å². The first-order chi connectivity index (χ1) is 11.5. The lowest BCUT2D eigenvalue weighted by Gasteiger charge is -2.52. The molecule has 2 atom stereocenters. The second-order valence-electron chi connectivity index (χ2n) is 5.65. The van der Waals surface area contributed by atoms with E-state index in [9.17, 15) is 14.2 Å². The zero-order valence-corrected chi connectivity index (χ0v) is 14.2. The quantitative estimate of drug-likeness (QED) is 0.663. The van der Waals surface area contributed by atoms with Gasteiger partial charge in [0.25, 0.3) is 0 Å². The molecule has 1 aliphatic rings. The summed E-state index contributed by atoms with van der Waals surface area (Å²) in [5.41, 5.74) is 0.348. The van der Waals surface area contributed by atoms with Crippen LogP contribution in [0.5, 0.6) is 5.75 Å². The highest BCUT2D eigenvalue weighted by Gasteiger charge is 2.42. The average Bonchev–Trinajstić information content (AvgIpc) is 2.56. The normalized spacial score (nSPS) is 21.5. The molecule has 0 unspecified atom stereocenters. The molecule has 6 nitrogen and oxygen atoms in total. The lowest BCUT2D eigenvalue weighted by atomic mass is 10.2. The second kappa shape index (κ2) is 7.00. The number of anilines is 2. The predicted octanol–water partition coefficient (Wildman–Crippen LogP) is 3.18. The van der Waals surface area contributed by atoms with E-state index in [1.165, 1.54) is 4.31 Å². The number of ether oxygens (including phenoxy) is 1. The molecule has 2 aromatic carbocycles. The highest BCUT2D eigenvalue weighted by Crippen LogP contribution is 2.61. The van der Waals surface area contributed by atoms with Crippen molar-refractivity contribution in [3.05, 3.63) is 54.6 Å². The number of nitrogens with zero attached hydrogens (tertiary/aromatic N) is 1. The van der Waals surface area contributed by atoms with Gasteiger partial charge < -0.3 is 15.2 Å². The molecule has 3 rings (SSSR count). The van der Waals surface area contributed by atoms with E-state index in [1.807, 2.05) is 42.5 Å². The molecule has 1 aliphatic heterocycles. The van der Waals surface area contributed by atoms with Crippen molar-refractivity contribution in [2.45, 2.75) is 18.0 Å². The summed E-state index contributed by atoms with van der Waals surface area (Å²) in [6.07, 6.45) is -0.630. The van der Waals surface area contributed by atoms with Crippen molar-refractivity contribution in [1.29, 1.82) is 0 Å². The first-order valence-corrected chi connectivity index (χ1v) is 9.31. The molecule has 24 heavy (non-hydrogen) atoms. The third-order valence-electron chi connectivity index (χ3n) is 3.86. The van der Waals surface area contributed by atoms with Crippen molar-refractivity contribution in [1.82, 2.24) is 5.32 Å². The molecule has 0 radical (unpaired) electrons. The van der Waals surface area contributed by atoms with Crippen LogP contribution < -0.4 is 14.4 Å². The predicted molar refractivity (Wildman–Crippen MR) is 96.8 cm³/mol. The summed E-state index contributed by atoms with van der Waals surface area (Å²) in [6.45, 7) is 0.350. The molecule has 0 amide bonds. The Morgan fingerprint density at radius 3 is 2.50 bits per heavy atom. The van der Waals surface area contributed by atoms with E-state index < -0.39 is 22.3 Å². The van der Waals surface area contributed by atoms with Gasteiger partial charge in [0.15, 0.2) is 0 Å². The van der Waals surface area contributed by atoms with Gasteiger partial charge in [-0.05, 0) is 31.3 Å². The molecule has 0 spiro atoms. The van der Waals surface area contributed by atoms with Gasteiger partial charge in [-0.3, -0.25) is 9.11 Å². The van der Waals surface area contributed by atoms with E-state index in [1.54, 1.807) is 19.2 Å². The van der Waals surface area contributed by atoms with Crippen LogP contribution in [0, 0.1) is 0 Å². The summed E-state index contributed by atoms with van der Waals surface area (Å²) in [6, 6.07) is 16.4. The second-order valence-corrected chi connectivity index (χ2v) is 7.67. The summed E-state index contributed by atoms with van der Waals surface area (Å²) in [5, 5.41) is 12.9. The molecule has 0 saturated carbocycles. The average molecular weight is 350 g/mol. The molecule has 0 fully saturated rings. The minimum Gasteiger partial charge on any atom is -0.466 e. The van der Waals surface area contributed by atoms with E-state index in [4.69, 9.17) is 4.74 Å². The Labute approximate surface area is 143 Å². The molecule has 0 aliphatic carbocycles. The number of aliphatic hydroxyl groups excluding tert-OH is 1. The van der Waals surface area contributed by atoms with Crippen LogP contribution in [0.25, 0.3) is 0 Å². The van der Waals surface area contributed by atoms with Gasteiger partial charge in [-0.1, -0.05) is 41.1 Å². The number of hydrogen-bond donors (Lipinski definition) is 4. The SMILES string of the molecule is CNC[C@H](O)C[C@@H]1Oc2ccccc2N(c2ccccc2)S1(O)O. The number of benzene rings is 2. The van der Waals surface area contributed by atoms with Crippen LogP contribution in [-0.2, 0) is 0 Å². The molecule has 0 aromatic heterocycles. The van der Waals surface area contributed by atoms with Gasteiger partial charge in [0.05, 0.1) is 11.8 Å². The number of hydrogen-bond acceptors (Lipinski definition) is 6. The molecule has 4 N–H and O–H groups in total. The van der Waals surface area contributed by atoms with Crippen LogP contribution in [0.4, 0.5) is 11.4 Å². The molecule has 0 bridgehead atoms. The third kappa shape index (κ3) is 3.22. The zero-order valence-electron chi connectivity index (χ0n) is 13.4. The Hall–Kier alpha value is -1.77. The van der Waals surface area contributed by atoms with Gasteiger partial charge in [-0.15, -0.1) is 0 Å². The fraction of sp³-hybridized carbons (Fsp3) is 0.294. The fourth-order valence-electron chi connectivity index (χ4n) is 2.77. The van der Waals surface area contributed by atoms with Crippen LogP contribution in [0.2, 0.25) is 0 Å². The minimum atomic E-state index is -3.32. The molecule has 7 heteroatoms. The summed E-state index contributed by atoms with van der Waals surface area (Å²) in [4.78, 5) is 0. The van der Waals surface area contributed by atoms with Crippen molar-refractivity contribution in [2.24, 2.45) is 0 Å². The molecule has 2 aromatic rings. The summed E-state index contributed by atoms with van der Waals surface area (Å²) in [5.74, 6) is 0.564. The maximum Gasteiger partial charge on any atom is 0.209 e. The van der Waals surface area contributed by atoms with E-state index in [-0.39, 0.29) is 6.42 Å². The van der Waals surface area contributed by atoms with Gasteiger partial charge in [0, 0.05) is 13.0 Å². The van der Waals surface area contributed by atoms with E-state index in [0.29, 0.717) is 23.7 Å². The van der Waals surface area contributed by atoms with Crippen LogP contribution in [-0.4, -0.2) is 39.3 Å². The van der Waals surface area contributed by atoms with Gasteiger partial charge >= 0.3 is 0 Å². The van der Waals surface area contributed by atoms with Crippen molar-refractivity contribution >= 4 is 22.2 Å². The summed E-state index contributed by atoms with van der Waals surface area (Å²) >= 11 is 0. The number of likely N-dealkylation sites (N-methyl/N-ethyl adjacent to an activating group) is 1. The van der Waals surface area contributed by atoms with E-state index >= 15 is 0 Å². The molecule has 1 heterocycles. The Kier molecular flexibility index (Phi) is 4.98. The highest BCUT2D eigenvalue weighted by atomic mass is 32.3. The Morgan fingerprint density at radius 2 is 1.79 bits per heavy atom. The number of aliphatic hydroxyl groups is 1. The van der Waals surface area contributed by atoms with Gasteiger partial charge in [0.1, 0.15) is 11.4 Å². The highest BCUT2D eigenvalue weighted by molar-refractivity contribution is 8.26. The monoisotopic (exact) mass is 350 g/mol.